The van der Waals surface area contributed by atoms with Gasteiger partial charge in [0.15, 0.2) is 0 Å². The number of fused-ring (bicyclic) bond motifs is 3. The minimum absolute atomic E-state index is 0.344. The summed E-state index contributed by atoms with van der Waals surface area (Å²) in [6, 6.07) is 15.0. The third kappa shape index (κ3) is 1.39. The zero-order valence-corrected chi connectivity index (χ0v) is 11.0. The lowest BCUT2D eigenvalue weighted by Crippen LogP contribution is -1.84. The minimum atomic E-state index is 0.344. The second-order valence-corrected chi connectivity index (χ2v) is 5.51. The van der Waals surface area contributed by atoms with E-state index in [2.05, 4.69) is 74.3 Å². The van der Waals surface area contributed by atoms with Crippen LogP contribution in [0, 0.1) is 0 Å². The number of rotatable bonds is 0. The van der Waals surface area contributed by atoms with Gasteiger partial charge in [-0.25, -0.2) is 0 Å². The van der Waals surface area contributed by atoms with Gasteiger partial charge >= 0.3 is 0 Å². The molecule has 1 aliphatic rings. The van der Waals surface area contributed by atoms with Gasteiger partial charge in [-0.3, -0.25) is 0 Å². The second kappa shape index (κ2) is 3.46. The topological polar surface area (TPSA) is 0 Å². The third-order valence-corrected chi connectivity index (χ3v) is 4.29. The Morgan fingerprint density at radius 1 is 0.867 bits per heavy atom. The van der Waals surface area contributed by atoms with E-state index in [0.717, 1.165) is 4.47 Å². The van der Waals surface area contributed by atoms with Gasteiger partial charge in [-0.15, -0.1) is 0 Å². The van der Waals surface area contributed by atoms with E-state index in [1.54, 1.807) is 0 Å². The van der Waals surface area contributed by atoms with Crippen LogP contribution in [0.1, 0.15) is 16.0 Å². The standard InChI is InChI=1S/C13H8Br2/c14-8-5-6-11-12(7-8)9-3-1-2-4-10(9)13(11)15/h1-7,13H. The number of alkyl halides is 1. The fourth-order valence-electron chi connectivity index (χ4n) is 2.11. The van der Waals surface area contributed by atoms with Crippen molar-refractivity contribution in [3.63, 3.8) is 0 Å². The molecule has 0 aliphatic heterocycles. The fraction of sp³-hybridized carbons (Fsp3) is 0.0769. The molecule has 2 aromatic rings. The molecular formula is C13H8Br2. The number of hydrogen-bond donors (Lipinski definition) is 0. The summed E-state index contributed by atoms with van der Waals surface area (Å²) in [7, 11) is 0. The Morgan fingerprint density at radius 2 is 1.60 bits per heavy atom. The summed E-state index contributed by atoms with van der Waals surface area (Å²) in [6.45, 7) is 0. The number of benzene rings is 2. The van der Waals surface area contributed by atoms with E-state index >= 15 is 0 Å². The molecule has 0 aromatic heterocycles. The van der Waals surface area contributed by atoms with Crippen molar-refractivity contribution in [3.05, 3.63) is 58.1 Å². The van der Waals surface area contributed by atoms with Crippen molar-refractivity contribution >= 4 is 31.9 Å². The average Bonchev–Trinajstić information content (AvgIpc) is 2.54. The molecule has 15 heavy (non-hydrogen) atoms. The van der Waals surface area contributed by atoms with Crippen LogP contribution in [-0.2, 0) is 0 Å². The zero-order valence-electron chi connectivity index (χ0n) is 7.87. The molecule has 1 aliphatic carbocycles. The van der Waals surface area contributed by atoms with Gasteiger partial charge in [-0.05, 0) is 34.4 Å². The summed E-state index contributed by atoms with van der Waals surface area (Å²) in [5.41, 5.74) is 5.41. The molecule has 0 nitrogen and oxygen atoms in total. The molecule has 0 saturated heterocycles. The summed E-state index contributed by atoms with van der Waals surface area (Å²) in [5, 5.41) is 0. The Kier molecular flexibility index (Phi) is 2.22. The van der Waals surface area contributed by atoms with Gasteiger partial charge in [0.1, 0.15) is 0 Å². The van der Waals surface area contributed by atoms with E-state index in [0.29, 0.717) is 4.83 Å². The summed E-state index contributed by atoms with van der Waals surface area (Å²) in [5.74, 6) is 0. The molecule has 0 bridgehead atoms. The molecule has 0 saturated carbocycles. The first kappa shape index (κ1) is 9.61. The maximum absolute atomic E-state index is 3.74. The van der Waals surface area contributed by atoms with Gasteiger partial charge in [0.2, 0.25) is 0 Å². The highest BCUT2D eigenvalue weighted by Gasteiger charge is 2.25. The molecule has 0 amide bonds. The van der Waals surface area contributed by atoms with Crippen LogP contribution in [-0.4, -0.2) is 0 Å². The van der Waals surface area contributed by atoms with Crippen LogP contribution in [0.2, 0.25) is 0 Å². The minimum Gasteiger partial charge on any atom is -0.0786 e. The maximum Gasteiger partial charge on any atom is 0.0656 e. The molecule has 2 aromatic carbocycles. The van der Waals surface area contributed by atoms with Crippen LogP contribution in [0.15, 0.2) is 46.9 Å². The lowest BCUT2D eigenvalue weighted by molar-refractivity contribution is 1.24. The number of halogens is 2. The fourth-order valence-corrected chi connectivity index (χ4v) is 3.27. The normalized spacial score (nSPS) is 17.3. The zero-order chi connectivity index (χ0) is 10.4. The molecule has 0 heterocycles. The van der Waals surface area contributed by atoms with Crippen LogP contribution in [0.4, 0.5) is 0 Å². The maximum atomic E-state index is 3.74. The van der Waals surface area contributed by atoms with E-state index < -0.39 is 0 Å². The highest BCUT2D eigenvalue weighted by atomic mass is 79.9. The van der Waals surface area contributed by atoms with Crippen molar-refractivity contribution < 1.29 is 0 Å². The van der Waals surface area contributed by atoms with Gasteiger partial charge in [0.25, 0.3) is 0 Å². The quantitative estimate of drug-likeness (QED) is 0.604. The van der Waals surface area contributed by atoms with Crippen molar-refractivity contribution in [2.45, 2.75) is 4.83 Å². The lowest BCUT2D eigenvalue weighted by atomic mass is 10.1. The van der Waals surface area contributed by atoms with Gasteiger partial charge in [-0.1, -0.05) is 62.2 Å². The van der Waals surface area contributed by atoms with Crippen molar-refractivity contribution in [3.8, 4) is 11.1 Å². The second-order valence-electron chi connectivity index (χ2n) is 3.68. The Balaban J connectivity index is 2.34. The van der Waals surface area contributed by atoms with Crippen molar-refractivity contribution in [2.24, 2.45) is 0 Å². The predicted octanol–water partition coefficient (Wildman–Crippen LogP) is 4.91. The predicted molar refractivity (Wildman–Crippen MR) is 70.3 cm³/mol. The Hall–Kier alpha value is -0.600. The van der Waals surface area contributed by atoms with Gasteiger partial charge in [-0.2, -0.15) is 0 Å². The summed E-state index contributed by atoms with van der Waals surface area (Å²) in [4.78, 5) is 0.344. The average molecular weight is 324 g/mol. The highest BCUT2D eigenvalue weighted by Crippen LogP contribution is 2.48. The Labute approximate surface area is 106 Å². The van der Waals surface area contributed by atoms with Crippen molar-refractivity contribution in [2.75, 3.05) is 0 Å². The third-order valence-electron chi connectivity index (χ3n) is 2.81. The molecule has 1 atom stereocenters. The van der Waals surface area contributed by atoms with Crippen LogP contribution in [0.25, 0.3) is 11.1 Å². The van der Waals surface area contributed by atoms with E-state index in [-0.39, 0.29) is 0 Å². The van der Waals surface area contributed by atoms with Crippen LogP contribution in [0.5, 0.6) is 0 Å². The molecule has 2 heteroatoms. The molecule has 74 valence electrons. The van der Waals surface area contributed by atoms with Gasteiger partial charge < -0.3 is 0 Å². The molecule has 3 rings (SSSR count). The first-order valence-corrected chi connectivity index (χ1v) is 6.51. The molecule has 0 radical (unpaired) electrons. The van der Waals surface area contributed by atoms with Crippen LogP contribution in [0.3, 0.4) is 0 Å². The molecule has 0 spiro atoms. The van der Waals surface area contributed by atoms with E-state index in [1.807, 2.05) is 0 Å². The molecule has 0 fully saturated rings. The van der Waals surface area contributed by atoms with Crippen molar-refractivity contribution in [1.29, 1.82) is 0 Å². The lowest BCUT2D eigenvalue weighted by Gasteiger charge is -2.03. The first-order valence-electron chi connectivity index (χ1n) is 4.80. The van der Waals surface area contributed by atoms with Crippen LogP contribution >= 0.6 is 31.9 Å². The van der Waals surface area contributed by atoms with E-state index in [1.165, 1.54) is 22.3 Å². The summed E-state index contributed by atoms with van der Waals surface area (Å²) < 4.78 is 1.14. The Bertz CT molecular complexity index is 532. The van der Waals surface area contributed by atoms with Crippen LogP contribution < -0.4 is 0 Å². The van der Waals surface area contributed by atoms with E-state index in [4.69, 9.17) is 0 Å². The smallest absolute Gasteiger partial charge is 0.0656 e. The number of hydrogen-bond acceptors (Lipinski definition) is 0. The molecule has 1 unspecified atom stereocenters. The SMILES string of the molecule is Brc1ccc2c(c1)-c1ccccc1C2Br. The highest BCUT2D eigenvalue weighted by molar-refractivity contribution is 9.10. The largest absolute Gasteiger partial charge is 0.0786 e. The van der Waals surface area contributed by atoms with E-state index in [9.17, 15) is 0 Å². The van der Waals surface area contributed by atoms with Gasteiger partial charge in [0, 0.05) is 4.47 Å². The van der Waals surface area contributed by atoms with Gasteiger partial charge in [0.05, 0.1) is 4.83 Å². The van der Waals surface area contributed by atoms with Crippen molar-refractivity contribution in [1.82, 2.24) is 0 Å². The molecule has 0 N–H and O–H groups in total. The summed E-state index contributed by atoms with van der Waals surface area (Å²) >= 11 is 7.27. The molecular weight excluding hydrogens is 316 g/mol. The monoisotopic (exact) mass is 322 g/mol. The summed E-state index contributed by atoms with van der Waals surface area (Å²) in [6.07, 6.45) is 0. The first-order chi connectivity index (χ1) is 7.27. The Morgan fingerprint density at radius 3 is 2.47 bits per heavy atom.